The highest BCUT2D eigenvalue weighted by Gasteiger charge is 2.29. The molecule has 11 heavy (non-hydrogen) atoms. The van der Waals surface area contributed by atoms with Crippen molar-refractivity contribution in [3.05, 3.63) is 21.2 Å². The van der Waals surface area contributed by atoms with Crippen LogP contribution in [0.1, 0.15) is 0 Å². The van der Waals surface area contributed by atoms with E-state index in [0.29, 0.717) is 0 Å². The van der Waals surface area contributed by atoms with E-state index in [2.05, 4.69) is 4.99 Å². The van der Waals surface area contributed by atoms with E-state index in [0.717, 1.165) is 12.3 Å². The molecule has 0 aliphatic carbocycles. The predicted molar refractivity (Wildman–Crippen MR) is 38.2 cm³/mol. The lowest BCUT2D eigenvalue weighted by Gasteiger charge is -2.03. The van der Waals surface area contributed by atoms with Gasteiger partial charge in [-0.15, -0.1) is 0 Å². The number of carbonyl (C=O) groups is 1. The van der Waals surface area contributed by atoms with Gasteiger partial charge in [-0.2, -0.15) is 0 Å². The Bertz CT molecular complexity index is 271. The molecule has 0 aromatic heterocycles. The van der Waals surface area contributed by atoms with Gasteiger partial charge in [0.15, 0.2) is 0 Å². The van der Waals surface area contributed by atoms with Gasteiger partial charge in [-0.05, 0) is 0 Å². The highest BCUT2D eigenvalue weighted by molar-refractivity contribution is 6.40. The molecule has 0 spiro atoms. The summed E-state index contributed by atoms with van der Waals surface area (Å²) in [5.74, 6) is -0.792. The Balaban J connectivity index is 2.90. The molecule has 1 amide bonds. The average molecular weight is 175 g/mol. The predicted octanol–water partition coefficient (Wildman–Crippen LogP) is 0.365. The highest BCUT2D eigenvalue weighted by atomic mass is 35.5. The first-order valence-corrected chi connectivity index (χ1v) is 3.08. The van der Waals surface area contributed by atoms with Gasteiger partial charge in [0, 0.05) is 17.2 Å². The molecule has 0 bridgehead atoms. The van der Waals surface area contributed by atoms with Crippen LogP contribution < -0.4 is 0 Å². The fraction of sp³-hybridized carbons (Fsp3) is 0.200. The van der Waals surface area contributed by atoms with E-state index >= 15 is 0 Å². The standard InChI is InChI=1S/C5H3ClN2O3/c6-3-1-4(8(10)11)5(9)7-2-3/h1-2,4H. The van der Waals surface area contributed by atoms with Crippen molar-refractivity contribution in [3.8, 4) is 0 Å². The number of carbonyl (C=O) groups excluding carboxylic acids is 1. The molecule has 0 saturated heterocycles. The molecule has 0 fully saturated rings. The van der Waals surface area contributed by atoms with Crippen LogP contribution in [0.15, 0.2) is 16.1 Å². The van der Waals surface area contributed by atoms with Crippen molar-refractivity contribution >= 4 is 23.7 Å². The monoisotopic (exact) mass is 174 g/mol. The minimum atomic E-state index is -1.41. The van der Waals surface area contributed by atoms with Crippen LogP contribution in [0.3, 0.4) is 0 Å². The lowest BCUT2D eigenvalue weighted by molar-refractivity contribution is -0.495. The summed E-state index contributed by atoms with van der Waals surface area (Å²) >= 11 is 5.38. The van der Waals surface area contributed by atoms with Gasteiger partial charge < -0.3 is 0 Å². The number of nitrogens with zero attached hydrogens (tertiary/aromatic N) is 2. The van der Waals surface area contributed by atoms with E-state index in [4.69, 9.17) is 11.6 Å². The Labute approximate surface area is 66.5 Å². The van der Waals surface area contributed by atoms with Crippen molar-refractivity contribution < 1.29 is 9.72 Å². The Hall–Kier alpha value is -1.23. The van der Waals surface area contributed by atoms with Crippen LogP contribution in [0.5, 0.6) is 0 Å². The normalized spacial score (nSPS) is 23.2. The molecule has 0 radical (unpaired) electrons. The number of amides is 1. The first-order chi connectivity index (χ1) is 5.11. The Morgan fingerprint density at radius 1 is 1.73 bits per heavy atom. The minimum absolute atomic E-state index is 0.117. The summed E-state index contributed by atoms with van der Waals surface area (Å²) in [6.45, 7) is 0. The first kappa shape index (κ1) is 7.87. The number of rotatable bonds is 1. The van der Waals surface area contributed by atoms with E-state index in [1.165, 1.54) is 0 Å². The second kappa shape index (κ2) is 2.79. The summed E-state index contributed by atoms with van der Waals surface area (Å²) < 4.78 is 0. The SMILES string of the molecule is O=C1N=CC(Cl)=CC1[N+](=O)[O-]. The van der Waals surface area contributed by atoms with Gasteiger partial charge in [0.25, 0.3) is 0 Å². The van der Waals surface area contributed by atoms with Crippen LogP contribution in [0.2, 0.25) is 0 Å². The van der Waals surface area contributed by atoms with Crippen molar-refractivity contribution in [2.24, 2.45) is 4.99 Å². The maximum atomic E-state index is 10.6. The van der Waals surface area contributed by atoms with Crippen molar-refractivity contribution in [2.75, 3.05) is 0 Å². The Morgan fingerprint density at radius 3 is 2.82 bits per heavy atom. The molecule has 1 heterocycles. The molecule has 0 saturated carbocycles. The molecule has 0 N–H and O–H groups in total. The van der Waals surface area contributed by atoms with Crippen molar-refractivity contribution in [3.63, 3.8) is 0 Å². The van der Waals surface area contributed by atoms with E-state index in [9.17, 15) is 14.9 Å². The zero-order valence-corrected chi connectivity index (χ0v) is 5.99. The third-order valence-electron chi connectivity index (χ3n) is 1.11. The topological polar surface area (TPSA) is 72.6 Å². The number of nitro groups is 1. The van der Waals surface area contributed by atoms with E-state index in [-0.39, 0.29) is 5.03 Å². The Kier molecular flexibility index (Phi) is 2.00. The molecule has 6 heteroatoms. The molecular formula is C5H3ClN2O3. The first-order valence-electron chi connectivity index (χ1n) is 2.70. The summed E-state index contributed by atoms with van der Waals surface area (Å²) in [7, 11) is 0. The van der Waals surface area contributed by atoms with Crippen molar-refractivity contribution in [1.29, 1.82) is 0 Å². The number of allylic oxidation sites excluding steroid dienone is 1. The third kappa shape index (κ3) is 1.62. The van der Waals surface area contributed by atoms with Gasteiger partial charge in [0.05, 0.1) is 5.03 Å². The minimum Gasteiger partial charge on any atom is -0.264 e. The highest BCUT2D eigenvalue weighted by Crippen LogP contribution is 2.09. The zero-order valence-electron chi connectivity index (χ0n) is 5.23. The molecular weight excluding hydrogens is 172 g/mol. The summed E-state index contributed by atoms with van der Waals surface area (Å²) in [6, 6.07) is -1.41. The largest absolute Gasteiger partial charge is 0.324 e. The molecule has 1 unspecified atom stereocenters. The second-order valence-corrected chi connectivity index (χ2v) is 2.31. The second-order valence-electron chi connectivity index (χ2n) is 1.88. The molecule has 1 rings (SSSR count). The van der Waals surface area contributed by atoms with Crippen molar-refractivity contribution in [1.82, 2.24) is 0 Å². The van der Waals surface area contributed by atoms with Crippen LogP contribution in [-0.4, -0.2) is 23.1 Å². The lowest BCUT2D eigenvalue weighted by atomic mass is 10.2. The molecule has 5 nitrogen and oxygen atoms in total. The summed E-state index contributed by atoms with van der Waals surface area (Å²) in [5, 5.41) is 10.2. The molecule has 1 aliphatic rings. The van der Waals surface area contributed by atoms with Gasteiger partial charge in [-0.1, -0.05) is 11.6 Å². The number of hydrogen-bond donors (Lipinski definition) is 0. The van der Waals surface area contributed by atoms with Crippen LogP contribution in [0.4, 0.5) is 0 Å². The molecule has 58 valence electrons. The lowest BCUT2D eigenvalue weighted by Crippen LogP contribution is -2.28. The van der Waals surface area contributed by atoms with E-state index < -0.39 is 16.9 Å². The number of aliphatic imine (C=N–C) groups is 1. The van der Waals surface area contributed by atoms with E-state index in [1.54, 1.807) is 0 Å². The van der Waals surface area contributed by atoms with Gasteiger partial charge in [-0.25, -0.2) is 4.99 Å². The smallest absolute Gasteiger partial charge is 0.264 e. The number of halogens is 1. The summed E-state index contributed by atoms with van der Waals surface area (Å²) in [4.78, 5) is 23.2. The van der Waals surface area contributed by atoms with Gasteiger partial charge in [-0.3, -0.25) is 14.9 Å². The van der Waals surface area contributed by atoms with Gasteiger partial charge in [0.2, 0.25) is 0 Å². The maximum Gasteiger partial charge on any atom is 0.324 e. The number of dihydropyridines is 1. The van der Waals surface area contributed by atoms with E-state index in [1.807, 2.05) is 0 Å². The number of hydrogen-bond acceptors (Lipinski definition) is 3. The van der Waals surface area contributed by atoms with Gasteiger partial charge >= 0.3 is 11.9 Å². The summed E-state index contributed by atoms with van der Waals surface area (Å²) in [6.07, 6.45) is 2.14. The zero-order chi connectivity index (χ0) is 8.43. The van der Waals surface area contributed by atoms with Crippen LogP contribution >= 0.6 is 11.6 Å². The van der Waals surface area contributed by atoms with Crippen molar-refractivity contribution in [2.45, 2.75) is 6.04 Å². The molecule has 0 aromatic rings. The molecule has 0 aromatic carbocycles. The van der Waals surface area contributed by atoms with Crippen LogP contribution in [0.25, 0.3) is 0 Å². The average Bonchev–Trinajstić information content (AvgIpc) is 1.94. The van der Waals surface area contributed by atoms with Gasteiger partial charge in [0.1, 0.15) is 0 Å². The molecule has 1 aliphatic heterocycles. The third-order valence-corrected chi connectivity index (χ3v) is 1.34. The molecule has 1 atom stereocenters. The Morgan fingerprint density at radius 2 is 2.36 bits per heavy atom. The van der Waals surface area contributed by atoms with Crippen LogP contribution in [-0.2, 0) is 4.79 Å². The van der Waals surface area contributed by atoms with Crippen LogP contribution in [0, 0.1) is 10.1 Å². The maximum absolute atomic E-state index is 10.6. The quantitative estimate of drug-likeness (QED) is 0.426. The summed E-state index contributed by atoms with van der Waals surface area (Å²) in [5.41, 5.74) is 0. The fourth-order valence-corrected chi connectivity index (χ4v) is 0.786. The fourth-order valence-electron chi connectivity index (χ4n) is 0.618.